The van der Waals surface area contributed by atoms with Gasteiger partial charge in [0.05, 0.1) is 16.7 Å². The standard InChI is InChI=1S/C18H14F3N5OS2/c1-9-10(2)29-16-14(9)15-24-25-17(26(15)8-22-16)28-7-13(27)23-12-5-3-4-11(6-12)18(19,20)21/h3-6,8H,7H2,1-2H3,(H,23,27). The number of fused-ring (bicyclic) bond motifs is 3. The normalized spacial score (nSPS) is 12.0. The van der Waals surface area contributed by atoms with Crippen LogP contribution in [0.3, 0.4) is 0 Å². The van der Waals surface area contributed by atoms with Crippen LogP contribution in [0.5, 0.6) is 0 Å². The number of hydrogen-bond donors (Lipinski definition) is 1. The van der Waals surface area contributed by atoms with Crippen molar-refractivity contribution in [3.63, 3.8) is 0 Å². The van der Waals surface area contributed by atoms with E-state index in [2.05, 4.69) is 20.5 Å². The molecule has 1 N–H and O–H groups in total. The number of halogens is 3. The lowest BCUT2D eigenvalue weighted by Crippen LogP contribution is -2.15. The van der Waals surface area contributed by atoms with E-state index >= 15 is 0 Å². The highest BCUT2D eigenvalue weighted by Gasteiger charge is 2.30. The number of aryl methyl sites for hydroxylation is 2. The number of alkyl halides is 3. The molecule has 0 aliphatic rings. The van der Waals surface area contributed by atoms with Gasteiger partial charge in [0, 0.05) is 10.6 Å². The minimum absolute atomic E-state index is 0.0310. The molecule has 1 aromatic carbocycles. The number of aromatic nitrogens is 4. The van der Waals surface area contributed by atoms with Crippen molar-refractivity contribution in [2.24, 2.45) is 0 Å². The summed E-state index contributed by atoms with van der Waals surface area (Å²) in [5.41, 5.74) is 1.03. The molecule has 4 rings (SSSR count). The zero-order chi connectivity index (χ0) is 20.8. The van der Waals surface area contributed by atoms with Gasteiger partial charge in [0.1, 0.15) is 11.2 Å². The van der Waals surface area contributed by atoms with Crippen LogP contribution in [0.15, 0.2) is 35.7 Å². The van der Waals surface area contributed by atoms with Crippen molar-refractivity contribution < 1.29 is 18.0 Å². The van der Waals surface area contributed by atoms with E-state index in [0.717, 1.165) is 44.6 Å². The molecule has 3 aromatic heterocycles. The van der Waals surface area contributed by atoms with Crippen LogP contribution in [0.1, 0.15) is 16.0 Å². The monoisotopic (exact) mass is 437 g/mol. The van der Waals surface area contributed by atoms with Crippen LogP contribution >= 0.6 is 23.1 Å². The molecule has 6 nitrogen and oxygen atoms in total. The number of amides is 1. The number of thioether (sulfide) groups is 1. The highest BCUT2D eigenvalue weighted by Crippen LogP contribution is 2.32. The average Bonchev–Trinajstić information content (AvgIpc) is 3.20. The predicted octanol–water partition coefficient (Wildman–Crippen LogP) is 4.71. The number of thiophene rings is 1. The van der Waals surface area contributed by atoms with Gasteiger partial charge in [0.2, 0.25) is 5.91 Å². The molecule has 3 heterocycles. The summed E-state index contributed by atoms with van der Waals surface area (Å²) in [4.78, 5) is 18.6. The van der Waals surface area contributed by atoms with E-state index in [-0.39, 0.29) is 11.4 Å². The second-order valence-corrected chi connectivity index (χ2v) is 8.45. The van der Waals surface area contributed by atoms with Gasteiger partial charge < -0.3 is 5.32 Å². The fraction of sp³-hybridized carbons (Fsp3) is 0.222. The Balaban J connectivity index is 1.50. The average molecular weight is 437 g/mol. The van der Waals surface area contributed by atoms with E-state index in [1.165, 1.54) is 12.1 Å². The summed E-state index contributed by atoms with van der Waals surface area (Å²) in [5, 5.41) is 12.2. The fourth-order valence-electron chi connectivity index (χ4n) is 2.82. The number of carbonyl (C=O) groups excluding carboxylic acids is 1. The molecule has 11 heteroatoms. The predicted molar refractivity (Wildman–Crippen MR) is 106 cm³/mol. The van der Waals surface area contributed by atoms with Crippen LogP contribution in [0, 0.1) is 13.8 Å². The van der Waals surface area contributed by atoms with Gasteiger partial charge in [0.15, 0.2) is 10.8 Å². The number of nitrogens with zero attached hydrogens (tertiary/aromatic N) is 4. The van der Waals surface area contributed by atoms with Gasteiger partial charge in [-0.05, 0) is 37.6 Å². The highest BCUT2D eigenvalue weighted by atomic mass is 32.2. The molecule has 150 valence electrons. The molecule has 1 amide bonds. The minimum Gasteiger partial charge on any atom is -0.325 e. The number of hydrogen-bond acceptors (Lipinski definition) is 6. The maximum atomic E-state index is 12.8. The summed E-state index contributed by atoms with van der Waals surface area (Å²) in [7, 11) is 0. The van der Waals surface area contributed by atoms with Crippen molar-refractivity contribution in [3.8, 4) is 0 Å². The molecule has 0 bridgehead atoms. The molecular weight excluding hydrogens is 423 g/mol. The first kappa shape index (κ1) is 19.6. The summed E-state index contributed by atoms with van der Waals surface area (Å²) in [6.45, 7) is 4.02. The van der Waals surface area contributed by atoms with E-state index in [1.807, 2.05) is 13.8 Å². The number of benzene rings is 1. The largest absolute Gasteiger partial charge is 0.416 e. The molecule has 29 heavy (non-hydrogen) atoms. The zero-order valence-electron chi connectivity index (χ0n) is 15.2. The third kappa shape index (κ3) is 3.79. The van der Waals surface area contributed by atoms with E-state index in [0.29, 0.717) is 10.8 Å². The molecule has 4 aromatic rings. The third-order valence-electron chi connectivity index (χ3n) is 4.35. The van der Waals surface area contributed by atoms with Crippen LogP contribution in [0.25, 0.3) is 15.9 Å². The highest BCUT2D eigenvalue weighted by molar-refractivity contribution is 7.99. The van der Waals surface area contributed by atoms with Gasteiger partial charge in [-0.2, -0.15) is 13.2 Å². The van der Waals surface area contributed by atoms with Crippen molar-refractivity contribution in [3.05, 3.63) is 46.6 Å². The molecule has 0 aliphatic heterocycles. The Hall–Kier alpha value is -2.66. The summed E-state index contributed by atoms with van der Waals surface area (Å²) in [6, 6.07) is 4.51. The van der Waals surface area contributed by atoms with Gasteiger partial charge in [-0.25, -0.2) is 4.98 Å². The Bertz CT molecular complexity index is 1230. The first-order valence-corrected chi connectivity index (χ1v) is 10.2. The smallest absolute Gasteiger partial charge is 0.325 e. The van der Waals surface area contributed by atoms with Crippen molar-refractivity contribution in [1.29, 1.82) is 0 Å². The molecule has 0 unspecified atom stereocenters. The van der Waals surface area contributed by atoms with Gasteiger partial charge in [-0.1, -0.05) is 17.8 Å². The summed E-state index contributed by atoms with van der Waals surface area (Å²) >= 11 is 2.72. The summed E-state index contributed by atoms with van der Waals surface area (Å²) < 4.78 is 40.1. The Kier molecular flexibility index (Phi) is 4.95. The number of anilines is 1. The topological polar surface area (TPSA) is 72.2 Å². The van der Waals surface area contributed by atoms with E-state index in [4.69, 9.17) is 0 Å². The maximum absolute atomic E-state index is 12.8. The molecule has 0 atom stereocenters. The SMILES string of the molecule is Cc1sc2ncn3c(SCC(=O)Nc4cccc(C(F)(F)F)c4)nnc3c2c1C. The lowest BCUT2D eigenvalue weighted by atomic mass is 10.2. The Labute approximate surface area is 171 Å². The van der Waals surface area contributed by atoms with Gasteiger partial charge in [-0.15, -0.1) is 21.5 Å². The molecular formula is C18H14F3N5OS2. The first-order valence-electron chi connectivity index (χ1n) is 8.43. The second-order valence-electron chi connectivity index (χ2n) is 6.30. The van der Waals surface area contributed by atoms with E-state index in [1.54, 1.807) is 22.1 Å². The zero-order valence-corrected chi connectivity index (χ0v) is 16.9. The van der Waals surface area contributed by atoms with Crippen LogP contribution in [-0.4, -0.2) is 31.2 Å². The first-order chi connectivity index (χ1) is 13.7. The van der Waals surface area contributed by atoms with E-state index in [9.17, 15) is 18.0 Å². The number of nitrogens with one attached hydrogen (secondary N) is 1. The van der Waals surface area contributed by atoms with Crippen molar-refractivity contribution in [2.45, 2.75) is 25.2 Å². The molecule has 0 fully saturated rings. The lowest BCUT2D eigenvalue weighted by molar-refractivity contribution is -0.137. The second kappa shape index (κ2) is 7.30. The van der Waals surface area contributed by atoms with E-state index < -0.39 is 17.6 Å². The fourth-order valence-corrected chi connectivity index (χ4v) is 4.52. The molecule has 0 saturated carbocycles. The number of carbonyl (C=O) groups is 1. The van der Waals surface area contributed by atoms with Crippen LogP contribution < -0.4 is 5.32 Å². The maximum Gasteiger partial charge on any atom is 0.416 e. The molecule has 0 spiro atoms. The quantitative estimate of drug-likeness (QED) is 0.469. The third-order valence-corrected chi connectivity index (χ3v) is 6.41. The Morgan fingerprint density at radius 1 is 1.28 bits per heavy atom. The molecule has 0 radical (unpaired) electrons. The van der Waals surface area contributed by atoms with Crippen molar-refractivity contribution in [1.82, 2.24) is 19.6 Å². The van der Waals surface area contributed by atoms with Crippen LogP contribution in [-0.2, 0) is 11.0 Å². The number of rotatable bonds is 4. The lowest BCUT2D eigenvalue weighted by Gasteiger charge is -2.09. The van der Waals surface area contributed by atoms with Gasteiger partial charge in [0.25, 0.3) is 0 Å². The summed E-state index contributed by atoms with van der Waals surface area (Å²) in [5.74, 6) is -0.473. The van der Waals surface area contributed by atoms with Crippen LogP contribution in [0.4, 0.5) is 18.9 Å². The molecule has 0 saturated heterocycles. The summed E-state index contributed by atoms with van der Waals surface area (Å²) in [6.07, 6.45) is -2.85. The van der Waals surface area contributed by atoms with Crippen LogP contribution in [0.2, 0.25) is 0 Å². The minimum atomic E-state index is -4.47. The molecule has 0 aliphatic carbocycles. The van der Waals surface area contributed by atoms with Crippen molar-refractivity contribution in [2.75, 3.05) is 11.1 Å². The Morgan fingerprint density at radius 2 is 2.07 bits per heavy atom. The van der Waals surface area contributed by atoms with Gasteiger partial charge >= 0.3 is 6.18 Å². The Morgan fingerprint density at radius 3 is 2.83 bits per heavy atom. The van der Waals surface area contributed by atoms with Crippen molar-refractivity contribution >= 4 is 50.6 Å². The van der Waals surface area contributed by atoms with Gasteiger partial charge in [-0.3, -0.25) is 9.20 Å².